The van der Waals surface area contributed by atoms with Gasteiger partial charge in [-0.3, -0.25) is 14.4 Å². The molecule has 0 bridgehead atoms. The van der Waals surface area contributed by atoms with Crippen LogP contribution < -0.4 is 0 Å². The Morgan fingerprint density at radius 2 is 1.37 bits per heavy atom. The number of carbonyl (C=O) groups is 4. The van der Waals surface area contributed by atoms with Gasteiger partial charge < -0.3 is 23.7 Å². The van der Waals surface area contributed by atoms with E-state index < -0.39 is 64.2 Å². The van der Waals surface area contributed by atoms with Crippen molar-refractivity contribution in [1.29, 1.82) is 0 Å². The van der Waals surface area contributed by atoms with Crippen LogP contribution in [0.25, 0.3) is 0 Å². The second-order valence-electron chi connectivity index (χ2n) is 14.3. The molecule has 9 heteroatoms. The van der Waals surface area contributed by atoms with Gasteiger partial charge in [-0.15, -0.1) is 0 Å². The van der Waals surface area contributed by atoms with E-state index >= 15 is 0 Å². The van der Waals surface area contributed by atoms with Crippen LogP contribution in [-0.4, -0.2) is 51.9 Å². The Balaban J connectivity index is 2.40. The van der Waals surface area contributed by atoms with E-state index in [0.717, 1.165) is 25.7 Å². The van der Waals surface area contributed by atoms with Crippen LogP contribution in [0.4, 0.5) is 0 Å². The monoisotopic (exact) mass is 580 g/mol. The second-order valence-corrected chi connectivity index (χ2v) is 14.3. The average molecular weight is 581 g/mol. The minimum atomic E-state index is -2.20. The minimum Gasteiger partial charge on any atom is -0.462 e. The first-order chi connectivity index (χ1) is 18.7. The Bertz CT molecular complexity index is 992. The Hall–Kier alpha value is -2.42. The molecule has 2 aliphatic heterocycles. The molecular weight excluding hydrogens is 528 g/mol. The van der Waals surface area contributed by atoms with Gasteiger partial charge in [-0.05, 0) is 75.2 Å². The number of rotatable bonds is 12. The lowest BCUT2D eigenvalue weighted by Gasteiger charge is -2.35. The average Bonchev–Trinajstić information content (AvgIpc) is 3.27. The lowest BCUT2D eigenvalue weighted by atomic mass is 9.82. The molecule has 0 amide bonds. The summed E-state index contributed by atoms with van der Waals surface area (Å²) in [6.45, 7) is 17.3. The molecule has 3 atom stereocenters. The number of esters is 3. The standard InChI is InChI=1S/C32H52O9/c1-11-12-13-14-15-16-17-18-22-21-37-32(25(22)34)19-23(26(35)39-29(5,6)7)31(41-32,27(36)40-30(8,9)10)20-24(33)38-28(2,3)4/h21,23H,11-20H2,1-10H3/t23-,31+,32-/m0/s1. The highest BCUT2D eigenvalue weighted by atomic mass is 16.7. The van der Waals surface area contributed by atoms with E-state index in [4.69, 9.17) is 23.7 Å². The Morgan fingerprint density at radius 1 is 0.829 bits per heavy atom. The number of unbranched alkanes of at least 4 members (excludes halogenated alkanes) is 6. The summed E-state index contributed by atoms with van der Waals surface area (Å²) in [7, 11) is 0. The molecule has 9 nitrogen and oxygen atoms in total. The normalized spacial score (nSPS) is 24.7. The predicted octanol–water partition coefficient (Wildman–Crippen LogP) is 6.50. The molecule has 0 N–H and O–H groups in total. The predicted molar refractivity (Wildman–Crippen MR) is 154 cm³/mol. The van der Waals surface area contributed by atoms with Crippen LogP contribution >= 0.6 is 0 Å². The van der Waals surface area contributed by atoms with Crippen LogP contribution in [-0.2, 0) is 42.9 Å². The summed E-state index contributed by atoms with van der Waals surface area (Å²) in [4.78, 5) is 54.4. The van der Waals surface area contributed by atoms with Gasteiger partial charge in [0, 0.05) is 12.0 Å². The highest BCUT2D eigenvalue weighted by molar-refractivity contribution is 6.04. The lowest BCUT2D eigenvalue weighted by molar-refractivity contribution is -0.233. The van der Waals surface area contributed by atoms with Gasteiger partial charge >= 0.3 is 17.9 Å². The largest absolute Gasteiger partial charge is 0.462 e. The molecule has 1 saturated heterocycles. The maximum atomic E-state index is 13.9. The molecule has 1 fully saturated rings. The molecule has 234 valence electrons. The third-order valence-electron chi connectivity index (χ3n) is 6.72. The van der Waals surface area contributed by atoms with Gasteiger partial charge in [0.05, 0.1) is 12.7 Å². The zero-order valence-corrected chi connectivity index (χ0v) is 26.9. The number of hydrogen-bond acceptors (Lipinski definition) is 9. The first-order valence-corrected chi connectivity index (χ1v) is 15.0. The SMILES string of the molecule is CCCCCCCCCC1=CO[C@]2(C[C@@H](C(=O)OC(C)(C)C)[C@](CC(=O)OC(C)(C)C)(C(=O)OC(C)(C)C)O2)C1=O. The summed E-state index contributed by atoms with van der Waals surface area (Å²) in [6.07, 6.45) is 8.51. The van der Waals surface area contributed by atoms with Crippen molar-refractivity contribution < 1.29 is 42.9 Å². The van der Waals surface area contributed by atoms with E-state index in [9.17, 15) is 19.2 Å². The Morgan fingerprint density at radius 3 is 1.90 bits per heavy atom. The maximum absolute atomic E-state index is 13.9. The van der Waals surface area contributed by atoms with Gasteiger partial charge in [-0.2, -0.15) is 0 Å². The maximum Gasteiger partial charge on any atom is 0.340 e. The van der Waals surface area contributed by atoms with Crippen LogP contribution in [0.15, 0.2) is 11.8 Å². The topological polar surface area (TPSA) is 114 Å². The van der Waals surface area contributed by atoms with Gasteiger partial charge in [0.25, 0.3) is 5.79 Å². The minimum absolute atomic E-state index is 0.306. The zero-order valence-electron chi connectivity index (χ0n) is 26.9. The molecule has 0 saturated carbocycles. The van der Waals surface area contributed by atoms with E-state index in [0.29, 0.717) is 12.0 Å². The van der Waals surface area contributed by atoms with Gasteiger partial charge in [0.15, 0.2) is 5.60 Å². The van der Waals surface area contributed by atoms with E-state index in [-0.39, 0.29) is 6.42 Å². The van der Waals surface area contributed by atoms with E-state index in [1.165, 1.54) is 25.5 Å². The molecule has 1 spiro atoms. The molecule has 41 heavy (non-hydrogen) atoms. The van der Waals surface area contributed by atoms with Crippen LogP contribution in [0.2, 0.25) is 0 Å². The van der Waals surface area contributed by atoms with Gasteiger partial charge in [-0.25, -0.2) is 4.79 Å². The fourth-order valence-corrected chi connectivity index (χ4v) is 5.03. The highest BCUT2D eigenvalue weighted by Crippen LogP contribution is 2.51. The van der Waals surface area contributed by atoms with Crippen molar-refractivity contribution in [1.82, 2.24) is 0 Å². The smallest absolute Gasteiger partial charge is 0.340 e. The molecule has 0 aromatic rings. The van der Waals surface area contributed by atoms with Crippen LogP contribution in [0.3, 0.4) is 0 Å². The summed E-state index contributed by atoms with van der Waals surface area (Å²) in [6, 6.07) is 0. The fourth-order valence-electron chi connectivity index (χ4n) is 5.03. The van der Waals surface area contributed by atoms with Crippen LogP contribution in [0.5, 0.6) is 0 Å². The molecule has 2 aliphatic rings. The highest BCUT2D eigenvalue weighted by Gasteiger charge is 2.70. The van der Waals surface area contributed by atoms with Gasteiger partial charge in [0.1, 0.15) is 22.7 Å². The molecule has 0 aromatic heterocycles. The quantitative estimate of drug-likeness (QED) is 0.145. The fraction of sp³-hybridized carbons (Fsp3) is 0.812. The lowest BCUT2D eigenvalue weighted by Crippen LogP contribution is -2.54. The van der Waals surface area contributed by atoms with Gasteiger partial charge in [-0.1, -0.05) is 45.4 Å². The van der Waals surface area contributed by atoms with Crippen molar-refractivity contribution in [2.24, 2.45) is 5.92 Å². The number of ketones is 1. The zero-order chi connectivity index (χ0) is 31.3. The van der Waals surface area contributed by atoms with Crippen molar-refractivity contribution in [3.8, 4) is 0 Å². The van der Waals surface area contributed by atoms with Crippen LogP contribution in [0, 0.1) is 5.92 Å². The molecular formula is C32H52O9. The molecule has 2 heterocycles. The summed E-state index contributed by atoms with van der Waals surface area (Å²) in [5.41, 5.74) is -4.51. The molecule has 0 aromatic carbocycles. The first kappa shape index (κ1) is 34.8. The number of carbonyl (C=O) groups excluding carboxylic acids is 4. The van der Waals surface area contributed by atoms with E-state index in [1.54, 1.807) is 62.3 Å². The summed E-state index contributed by atoms with van der Waals surface area (Å²) < 4.78 is 29.0. The third-order valence-corrected chi connectivity index (χ3v) is 6.72. The summed E-state index contributed by atoms with van der Waals surface area (Å²) >= 11 is 0. The molecule has 2 rings (SSSR count). The number of hydrogen-bond donors (Lipinski definition) is 0. The Kier molecular flexibility index (Phi) is 11.2. The van der Waals surface area contributed by atoms with E-state index in [2.05, 4.69) is 6.92 Å². The second kappa shape index (κ2) is 13.3. The van der Waals surface area contributed by atoms with Crippen LogP contribution in [0.1, 0.15) is 133 Å². The first-order valence-electron chi connectivity index (χ1n) is 15.0. The summed E-state index contributed by atoms with van der Waals surface area (Å²) in [5.74, 6) is -6.29. The van der Waals surface area contributed by atoms with Crippen molar-refractivity contribution in [2.45, 2.75) is 162 Å². The van der Waals surface area contributed by atoms with Crippen molar-refractivity contribution in [3.63, 3.8) is 0 Å². The number of Topliss-reactive ketones (excluding diaryl/α,β-unsaturated/α-hetero) is 1. The number of ether oxygens (including phenoxy) is 5. The van der Waals surface area contributed by atoms with E-state index in [1.807, 2.05) is 0 Å². The third kappa shape index (κ3) is 9.83. The molecule has 0 unspecified atom stereocenters. The van der Waals surface area contributed by atoms with Gasteiger partial charge in [0.2, 0.25) is 5.78 Å². The summed E-state index contributed by atoms with van der Waals surface area (Å²) in [5, 5.41) is 0. The van der Waals surface area contributed by atoms with Crippen molar-refractivity contribution >= 4 is 23.7 Å². The van der Waals surface area contributed by atoms with Crippen molar-refractivity contribution in [2.75, 3.05) is 0 Å². The molecule has 0 aliphatic carbocycles. The van der Waals surface area contributed by atoms with Crippen molar-refractivity contribution in [3.05, 3.63) is 11.8 Å². The Labute approximate surface area is 246 Å². The molecule has 0 radical (unpaired) electrons.